The SMILES string of the molecule is CC(C)(NC(=O)NCc1cccc(Cl)c1)C(=O)O. The molecule has 3 N–H and O–H groups in total. The second-order valence-corrected chi connectivity index (χ2v) is 4.80. The third kappa shape index (κ3) is 4.25. The van der Waals surface area contributed by atoms with E-state index in [4.69, 9.17) is 16.7 Å². The van der Waals surface area contributed by atoms with E-state index in [1.165, 1.54) is 13.8 Å². The molecule has 1 aromatic carbocycles. The number of carbonyl (C=O) groups excluding carboxylic acids is 1. The van der Waals surface area contributed by atoms with E-state index < -0.39 is 17.5 Å². The third-order valence-corrected chi connectivity index (χ3v) is 2.54. The van der Waals surface area contributed by atoms with Crippen LogP contribution in [0.3, 0.4) is 0 Å². The highest BCUT2D eigenvalue weighted by molar-refractivity contribution is 6.30. The number of carbonyl (C=O) groups is 2. The summed E-state index contributed by atoms with van der Waals surface area (Å²) in [5, 5.41) is 14.4. The number of rotatable bonds is 4. The molecular weight excluding hydrogens is 256 g/mol. The van der Waals surface area contributed by atoms with Crippen molar-refractivity contribution in [2.24, 2.45) is 0 Å². The van der Waals surface area contributed by atoms with Gasteiger partial charge in [-0.3, -0.25) is 0 Å². The minimum atomic E-state index is -1.31. The van der Waals surface area contributed by atoms with Gasteiger partial charge in [-0.15, -0.1) is 0 Å². The zero-order valence-corrected chi connectivity index (χ0v) is 10.9. The number of halogens is 1. The zero-order valence-electron chi connectivity index (χ0n) is 10.2. The van der Waals surface area contributed by atoms with Crippen molar-refractivity contribution in [1.29, 1.82) is 0 Å². The monoisotopic (exact) mass is 270 g/mol. The van der Waals surface area contributed by atoms with Crippen molar-refractivity contribution in [1.82, 2.24) is 10.6 Å². The van der Waals surface area contributed by atoms with Crippen molar-refractivity contribution in [2.75, 3.05) is 0 Å². The third-order valence-electron chi connectivity index (χ3n) is 2.30. The van der Waals surface area contributed by atoms with Crippen LogP contribution in [-0.2, 0) is 11.3 Å². The van der Waals surface area contributed by atoms with Gasteiger partial charge in [0.2, 0.25) is 0 Å². The van der Waals surface area contributed by atoms with Gasteiger partial charge in [0, 0.05) is 11.6 Å². The van der Waals surface area contributed by atoms with Crippen LogP contribution in [0.15, 0.2) is 24.3 Å². The van der Waals surface area contributed by atoms with Crippen LogP contribution >= 0.6 is 11.6 Å². The first-order chi connectivity index (χ1) is 8.31. The number of nitrogens with one attached hydrogen (secondary N) is 2. The van der Waals surface area contributed by atoms with Crippen LogP contribution < -0.4 is 10.6 Å². The number of carboxylic acid groups (broad SMARTS) is 1. The molecular formula is C12H15ClN2O3. The second-order valence-electron chi connectivity index (χ2n) is 4.37. The van der Waals surface area contributed by atoms with E-state index in [1.54, 1.807) is 18.2 Å². The maximum atomic E-state index is 11.5. The van der Waals surface area contributed by atoms with Gasteiger partial charge in [0.15, 0.2) is 0 Å². The molecule has 0 spiro atoms. The average Bonchev–Trinajstić information content (AvgIpc) is 2.25. The Morgan fingerprint density at radius 2 is 2.06 bits per heavy atom. The van der Waals surface area contributed by atoms with E-state index in [9.17, 15) is 9.59 Å². The predicted molar refractivity (Wildman–Crippen MR) is 68.5 cm³/mol. The molecule has 0 aromatic heterocycles. The van der Waals surface area contributed by atoms with E-state index >= 15 is 0 Å². The predicted octanol–water partition coefficient (Wildman–Crippen LogP) is 2.00. The molecule has 0 atom stereocenters. The first-order valence-electron chi connectivity index (χ1n) is 5.35. The minimum absolute atomic E-state index is 0.280. The molecule has 0 fully saturated rings. The summed E-state index contributed by atoms with van der Waals surface area (Å²) in [6, 6.07) is 6.51. The van der Waals surface area contributed by atoms with Gasteiger partial charge in [-0.2, -0.15) is 0 Å². The van der Waals surface area contributed by atoms with Gasteiger partial charge in [-0.1, -0.05) is 23.7 Å². The molecule has 18 heavy (non-hydrogen) atoms. The van der Waals surface area contributed by atoms with Crippen molar-refractivity contribution < 1.29 is 14.7 Å². The van der Waals surface area contributed by atoms with Crippen LogP contribution in [0, 0.1) is 0 Å². The molecule has 0 saturated carbocycles. The van der Waals surface area contributed by atoms with E-state index in [2.05, 4.69) is 10.6 Å². The molecule has 0 unspecified atom stereocenters. The lowest BCUT2D eigenvalue weighted by molar-refractivity contribution is -0.142. The Bertz CT molecular complexity index is 460. The standard InChI is InChI=1S/C12H15ClN2O3/c1-12(2,10(16)17)15-11(18)14-7-8-4-3-5-9(13)6-8/h3-6H,7H2,1-2H3,(H,16,17)(H2,14,15,18). The summed E-state index contributed by atoms with van der Waals surface area (Å²) in [4.78, 5) is 22.3. The molecule has 2 amide bonds. The van der Waals surface area contributed by atoms with Crippen LogP contribution in [0.2, 0.25) is 5.02 Å². The summed E-state index contributed by atoms with van der Waals surface area (Å²) in [6.07, 6.45) is 0. The van der Waals surface area contributed by atoms with Gasteiger partial charge in [0.05, 0.1) is 0 Å². The lowest BCUT2D eigenvalue weighted by Gasteiger charge is -2.21. The van der Waals surface area contributed by atoms with Crippen molar-refractivity contribution in [3.8, 4) is 0 Å². The fourth-order valence-corrected chi connectivity index (χ4v) is 1.42. The van der Waals surface area contributed by atoms with Crippen LogP contribution in [0.4, 0.5) is 4.79 Å². The van der Waals surface area contributed by atoms with Crippen LogP contribution in [0.5, 0.6) is 0 Å². The largest absolute Gasteiger partial charge is 0.480 e. The van der Waals surface area contributed by atoms with Gasteiger partial charge < -0.3 is 15.7 Å². The van der Waals surface area contributed by atoms with Gasteiger partial charge >= 0.3 is 12.0 Å². The summed E-state index contributed by atoms with van der Waals surface area (Å²) in [7, 11) is 0. The lowest BCUT2D eigenvalue weighted by Crippen LogP contribution is -2.52. The molecule has 1 aromatic rings. The Morgan fingerprint density at radius 3 is 2.61 bits per heavy atom. The van der Waals surface area contributed by atoms with Gasteiger partial charge in [0.1, 0.15) is 5.54 Å². The van der Waals surface area contributed by atoms with Crippen molar-refractivity contribution in [3.63, 3.8) is 0 Å². The number of hydrogen-bond donors (Lipinski definition) is 3. The topological polar surface area (TPSA) is 78.4 Å². The molecule has 1 rings (SSSR count). The fraction of sp³-hybridized carbons (Fsp3) is 0.333. The maximum absolute atomic E-state index is 11.5. The molecule has 0 aliphatic carbocycles. The first kappa shape index (κ1) is 14.3. The normalized spacial score (nSPS) is 10.8. The van der Waals surface area contributed by atoms with Gasteiger partial charge in [-0.25, -0.2) is 9.59 Å². The van der Waals surface area contributed by atoms with Crippen molar-refractivity contribution in [3.05, 3.63) is 34.9 Å². The fourth-order valence-electron chi connectivity index (χ4n) is 1.21. The Morgan fingerprint density at radius 1 is 1.39 bits per heavy atom. The number of benzene rings is 1. The molecule has 0 saturated heterocycles. The van der Waals surface area contributed by atoms with Crippen molar-refractivity contribution in [2.45, 2.75) is 25.9 Å². The molecule has 98 valence electrons. The summed E-state index contributed by atoms with van der Waals surface area (Å²) in [6.45, 7) is 3.10. The molecule has 6 heteroatoms. The zero-order chi connectivity index (χ0) is 13.8. The second kappa shape index (κ2) is 5.73. The Labute approximate surface area is 110 Å². The number of amides is 2. The molecule has 0 bridgehead atoms. The van der Waals surface area contributed by atoms with Crippen LogP contribution in [-0.4, -0.2) is 22.6 Å². The highest BCUT2D eigenvalue weighted by Gasteiger charge is 2.28. The number of urea groups is 1. The van der Waals surface area contributed by atoms with Crippen LogP contribution in [0.1, 0.15) is 19.4 Å². The minimum Gasteiger partial charge on any atom is -0.480 e. The quantitative estimate of drug-likeness (QED) is 0.783. The summed E-state index contributed by atoms with van der Waals surface area (Å²) in [5.41, 5.74) is -0.468. The highest BCUT2D eigenvalue weighted by Crippen LogP contribution is 2.10. The average molecular weight is 271 g/mol. The summed E-state index contributed by atoms with van der Waals surface area (Å²) in [5.74, 6) is -1.10. The first-order valence-corrected chi connectivity index (χ1v) is 5.73. The van der Waals surface area contributed by atoms with E-state index in [0.29, 0.717) is 5.02 Å². The number of hydrogen-bond acceptors (Lipinski definition) is 2. The molecule has 0 radical (unpaired) electrons. The Hall–Kier alpha value is -1.75. The van der Waals surface area contributed by atoms with Gasteiger partial charge in [0.25, 0.3) is 0 Å². The molecule has 0 aliphatic rings. The van der Waals surface area contributed by atoms with Crippen molar-refractivity contribution >= 4 is 23.6 Å². The highest BCUT2D eigenvalue weighted by atomic mass is 35.5. The van der Waals surface area contributed by atoms with Gasteiger partial charge in [-0.05, 0) is 31.5 Å². The smallest absolute Gasteiger partial charge is 0.328 e. The number of aliphatic carboxylic acids is 1. The Kier molecular flexibility index (Phi) is 4.55. The summed E-state index contributed by atoms with van der Waals surface area (Å²) < 4.78 is 0. The molecule has 0 heterocycles. The summed E-state index contributed by atoms with van der Waals surface area (Å²) >= 11 is 5.80. The maximum Gasteiger partial charge on any atom is 0.328 e. The van der Waals surface area contributed by atoms with E-state index in [-0.39, 0.29) is 6.54 Å². The number of carboxylic acids is 1. The van der Waals surface area contributed by atoms with Crippen LogP contribution in [0.25, 0.3) is 0 Å². The van der Waals surface area contributed by atoms with E-state index in [0.717, 1.165) is 5.56 Å². The molecule has 5 nitrogen and oxygen atoms in total. The Balaban J connectivity index is 2.50. The van der Waals surface area contributed by atoms with E-state index in [1.807, 2.05) is 6.07 Å². The molecule has 0 aliphatic heterocycles. The lowest BCUT2D eigenvalue weighted by atomic mass is 10.1.